The van der Waals surface area contributed by atoms with E-state index in [1.807, 2.05) is 30.5 Å². The number of rotatable bonds is 5. The first kappa shape index (κ1) is 19.4. The van der Waals surface area contributed by atoms with Crippen molar-refractivity contribution in [1.29, 1.82) is 0 Å². The highest BCUT2D eigenvalue weighted by atomic mass is 32.1. The smallest absolute Gasteiger partial charge is 0.261 e. The molecule has 1 unspecified atom stereocenters. The Balaban J connectivity index is 1.29. The van der Waals surface area contributed by atoms with E-state index >= 15 is 0 Å². The topological polar surface area (TPSA) is 58.1 Å². The Hall–Kier alpha value is -2.57. The third-order valence-corrected chi connectivity index (χ3v) is 7.30. The lowest BCUT2D eigenvalue weighted by Gasteiger charge is -2.49. The van der Waals surface area contributed by atoms with Crippen LogP contribution in [0, 0.1) is 12.8 Å². The molecule has 3 saturated heterocycles. The normalized spacial score (nSPS) is 25.2. The van der Waals surface area contributed by atoms with Gasteiger partial charge < -0.3 is 5.32 Å². The summed E-state index contributed by atoms with van der Waals surface area (Å²) in [5.74, 6) is 1.93. The standard InChI is InChI=1S/C24H26N4OS/c1-16-26-21(17-6-3-2-4-7-17)13-22(27-16)20-15-28-10-9-18(20)12-19(28)14-25-24(29)23-8-5-11-30-23/h2-8,11,13,18-20H,9-10,12,14-15H2,1H3,(H,25,29)/t18-,19+,20+/m0/s1. The van der Waals surface area contributed by atoms with E-state index in [9.17, 15) is 4.79 Å². The number of aryl methyl sites for hydroxylation is 1. The van der Waals surface area contributed by atoms with Crippen LogP contribution in [-0.4, -0.2) is 46.5 Å². The summed E-state index contributed by atoms with van der Waals surface area (Å²) in [5, 5.41) is 5.08. The Morgan fingerprint density at radius 1 is 1.20 bits per heavy atom. The number of benzene rings is 1. The molecule has 5 heterocycles. The van der Waals surface area contributed by atoms with E-state index in [1.54, 1.807) is 0 Å². The van der Waals surface area contributed by atoms with Crippen LogP contribution in [0.3, 0.4) is 0 Å². The van der Waals surface area contributed by atoms with E-state index in [2.05, 4.69) is 45.5 Å². The first-order chi connectivity index (χ1) is 14.7. The van der Waals surface area contributed by atoms with Gasteiger partial charge in [0.25, 0.3) is 5.91 Å². The molecule has 3 fully saturated rings. The number of carbonyl (C=O) groups excluding carboxylic acids is 1. The van der Waals surface area contributed by atoms with Gasteiger partial charge in [-0.3, -0.25) is 9.69 Å². The SMILES string of the molecule is Cc1nc(-c2ccccc2)cc([C@@H]2CN3CC[C@H]2C[C@@H]3CNC(=O)c2cccs2)n1. The maximum absolute atomic E-state index is 12.3. The summed E-state index contributed by atoms with van der Waals surface area (Å²) in [5.41, 5.74) is 3.31. The minimum atomic E-state index is 0.0446. The van der Waals surface area contributed by atoms with Crippen LogP contribution < -0.4 is 5.32 Å². The van der Waals surface area contributed by atoms with Crippen molar-refractivity contribution in [2.24, 2.45) is 5.92 Å². The number of thiophene rings is 1. The van der Waals surface area contributed by atoms with Crippen LogP contribution in [-0.2, 0) is 0 Å². The molecule has 3 aliphatic heterocycles. The zero-order valence-electron chi connectivity index (χ0n) is 17.1. The number of hydrogen-bond acceptors (Lipinski definition) is 5. The molecule has 1 N–H and O–H groups in total. The fourth-order valence-electron chi connectivity index (χ4n) is 4.93. The molecular formula is C24H26N4OS. The molecule has 30 heavy (non-hydrogen) atoms. The predicted molar refractivity (Wildman–Crippen MR) is 120 cm³/mol. The lowest BCUT2D eigenvalue weighted by Crippen LogP contribution is -2.56. The lowest BCUT2D eigenvalue weighted by molar-refractivity contribution is 0.0290. The highest BCUT2D eigenvalue weighted by Gasteiger charge is 2.41. The maximum atomic E-state index is 12.3. The van der Waals surface area contributed by atoms with E-state index < -0.39 is 0 Å². The Labute approximate surface area is 181 Å². The van der Waals surface area contributed by atoms with Crippen LogP contribution in [0.5, 0.6) is 0 Å². The van der Waals surface area contributed by atoms with Gasteiger partial charge in [-0.1, -0.05) is 36.4 Å². The summed E-state index contributed by atoms with van der Waals surface area (Å²) in [7, 11) is 0. The molecule has 2 aromatic heterocycles. The fourth-order valence-corrected chi connectivity index (χ4v) is 5.57. The van der Waals surface area contributed by atoms with Crippen LogP contribution in [0.1, 0.15) is 39.9 Å². The van der Waals surface area contributed by atoms with Crippen LogP contribution in [0.15, 0.2) is 53.9 Å². The first-order valence-corrected chi connectivity index (χ1v) is 11.5. The Bertz CT molecular complexity index is 1020. The molecule has 6 rings (SSSR count). The molecule has 0 spiro atoms. The van der Waals surface area contributed by atoms with E-state index in [-0.39, 0.29) is 5.91 Å². The molecule has 3 aromatic rings. The summed E-state index contributed by atoms with van der Waals surface area (Å²) < 4.78 is 0. The molecule has 3 aliphatic rings. The zero-order valence-corrected chi connectivity index (χ0v) is 17.9. The second kappa shape index (κ2) is 8.28. The zero-order chi connectivity index (χ0) is 20.5. The van der Waals surface area contributed by atoms with Gasteiger partial charge in [-0.25, -0.2) is 9.97 Å². The van der Waals surface area contributed by atoms with Gasteiger partial charge in [-0.05, 0) is 49.7 Å². The van der Waals surface area contributed by atoms with Crippen LogP contribution in [0.2, 0.25) is 0 Å². The summed E-state index contributed by atoms with van der Waals surface area (Å²) in [6.07, 6.45) is 2.31. The fraction of sp³-hybridized carbons (Fsp3) is 0.375. The third-order valence-electron chi connectivity index (χ3n) is 6.43. The van der Waals surface area contributed by atoms with Crippen molar-refractivity contribution in [3.05, 3.63) is 70.3 Å². The minimum absolute atomic E-state index is 0.0446. The Kier molecular flexibility index (Phi) is 5.35. The number of carbonyl (C=O) groups is 1. The summed E-state index contributed by atoms with van der Waals surface area (Å²) in [6.45, 7) is 4.82. The minimum Gasteiger partial charge on any atom is -0.350 e. The molecular weight excluding hydrogens is 392 g/mol. The monoisotopic (exact) mass is 418 g/mol. The van der Waals surface area contributed by atoms with E-state index in [0.717, 1.165) is 53.7 Å². The highest BCUT2D eigenvalue weighted by Crippen LogP contribution is 2.41. The van der Waals surface area contributed by atoms with E-state index in [4.69, 9.17) is 4.98 Å². The highest BCUT2D eigenvalue weighted by molar-refractivity contribution is 7.12. The number of nitrogens with one attached hydrogen (secondary N) is 1. The van der Waals surface area contributed by atoms with E-state index in [0.29, 0.717) is 17.9 Å². The summed E-state index contributed by atoms with van der Waals surface area (Å²) >= 11 is 1.49. The molecule has 2 bridgehead atoms. The average Bonchev–Trinajstić information content (AvgIpc) is 3.33. The average molecular weight is 419 g/mol. The van der Waals surface area contributed by atoms with Crippen molar-refractivity contribution >= 4 is 17.2 Å². The number of fused-ring (bicyclic) bond motifs is 3. The molecule has 154 valence electrons. The van der Waals surface area contributed by atoms with Gasteiger partial charge in [0.15, 0.2) is 0 Å². The van der Waals surface area contributed by atoms with Crippen LogP contribution >= 0.6 is 11.3 Å². The first-order valence-electron chi connectivity index (χ1n) is 10.6. The predicted octanol–water partition coefficient (Wildman–Crippen LogP) is 4.12. The van der Waals surface area contributed by atoms with Crippen molar-refractivity contribution in [1.82, 2.24) is 20.2 Å². The molecule has 1 aromatic carbocycles. The number of aromatic nitrogens is 2. The van der Waals surface area contributed by atoms with E-state index in [1.165, 1.54) is 17.8 Å². The van der Waals surface area contributed by atoms with Crippen molar-refractivity contribution < 1.29 is 4.79 Å². The lowest BCUT2D eigenvalue weighted by atomic mass is 9.74. The van der Waals surface area contributed by atoms with Gasteiger partial charge >= 0.3 is 0 Å². The molecule has 5 nitrogen and oxygen atoms in total. The Morgan fingerprint density at radius 3 is 2.80 bits per heavy atom. The molecule has 0 aliphatic carbocycles. The van der Waals surface area contributed by atoms with Gasteiger partial charge in [0, 0.05) is 36.3 Å². The van der Waals surface area contributed by atoms with Crippen molar-refractivity contribution in [3.63, 3.8) is 0 Å². The molecule has 0 radical (unpaired) electrons. The van der Waals surface area contributed by atoms with Gasteiger partial charge in [0.05, 0.1) is 10.6 Å². The number of piperidine rings is 3. The second-order valence-electron chi connectivity index (χ2n) is 8.32. The molecule has 6 heteroatoms. The molecule has 0 saturated carbocycles. The number of nitrogens with zero attached hydrogens (tertiary/aromatic N) is 3. The third kappa shape index (κ3) is 3.89. The van der Waals surface area contributed by atoms with Gasteiger partial charge in [-0.2, -0.15) is 0 Å². The largest absolute Gasteiger partial charge is 0.350 e. The summed E-state index contributed by atoms with van der Waals surface area (Å²) in [4.78, 5) is 25.1. The van der Waals surface area contributed by atoms with Gasteiger partial charge in [0.2, 0.25) is 0 Å². The number of amides is 1. The second-order valence-corrected chi connectivity index (χ2v) is 9.27. The quantitative estimate of drug-likeness (QED) is 0.677. The maximum Gasteiger partial charge on any atom is 0.261 e. The van der Waals surface area contributed by atoms with Gasteiger partial charge in [-0.15, -0.1) is 11.3 Å². The summed E-state index contributed by atoms with van der Waals surface area (Å²) in [6, 6.07) is 16.7. The van der Waals surface area contributed by atoms with Gasteiger partial charge in [0.1, 0.15) is 5.82 Å². The van der Waals surface area contributed by atoms with Crippen molar-refractivity contribution in [2.45, 2.75) is 31.7 Å². The Morgan fingerprint density at radius 2 is 2.07 bits per heavy atom. The number of hydrogen-bond donors (Lipinski definition) is 1. The van der Waals surface area contributed by atoms with Crippen molar-refractivity contribution in [3.8, 4) is 11.3 Å². The molecule has 1 amide bonds. The van der Waals surface area contributed by atoms with Crippen LogP contribution in [0.25, 0.3) is 11.3 Å². The molecule has 4 atom stereocenters. The van der Waals surface area contributed by atoms with Crippen LogP contribution in [0.4, 0.5) is 0 Å². The van der Waals surface area contributed by atoms with Crippen molar-refractivity contribution in [2.75, 3.05) is 19.6 Å².